The quantitative estimate of drug-likeness (QED) is 0.243. The predicted molar refractivity (Wildman–Crippen MR) is 137 cm³/mol. The van der Waals surface area contributed by atoms with Gasteiger partial charge in [0.2, 0.25) is 0 Å². The zero-order chi connectivity index (χ0) is 20.7. The van der Waals surface area contributed by atoms with Gasteiger partial charge in [0.05, 0.1) is 5.52 Å². The van der Waals surface area contributed by atoms with Crippen LogP contribution in [0.15, 0.2) is 71.9 Å². The first kappa shape index (κ1) is 24.1. The van der Waals surface area contributed by atoms with Crippen LogP contribution in [0, 0.1) is 0 Å². The molecule has 1 atom stereocenters. The predicted octanol–water partition coefficient (Wildman–Crippen LogP) is 4.65. The molecular weight excluding hydrogens is 485 g/mol. The number of para-hydroxylation sites is 1. The fourth-order valence-corrected chi connectivity index (χ4v) is 3.48. The standard InChI is InChI=1S/C24H31N5.HI/c1-18(19-10-6-5-7-11-19)29-24(2,3)17-28-23(25-4)27-16-20-14-15-26-22-13-9-8-12-21(20)22;/h5-15,18,29H,16-17H2,1-4H3,(H2,25,27,28);1H. The van der Waals surface area contributed by atoms with E-state index in [9.17, 15) is 0 Å². The van der Waals surface area contributed by atoms with Crippen molar-refractivity contribution in [1.82, 2.24) is 20.9 Å². The number of guanidine groups is 1. The van der Waals surface area contributed by atoms with Gasteiger partial charge in [0.15, 0.2) is 5.96 Å². The molecule has 0 aliphatic rings. The normalized spacial score (nSPS) is 12.9. The highest BCUT2D eigenvalue weighted by Gasteiger charge is 2.21. The molecule has 2 aromatic carbocycles. The molecule has 5 nitrogen and oxygen atoms in total. The number of halogens is 1. The molecule has 0 saturated carbocycles. The number of nitrogens with one attached hydrogen (secondary N) is 3. The van der Waals surface area contributed by atoms with Crippen molar-refractivity contribution >= 4 is 40.8 Å². The zero-order valence-corrected chi connectivity index (χ0v) is 20.5. The van der Waals surface area contributed by atoms with Crippen LogP contribution in [-0.4, -0.2) is 30.1 Å². The van der Waals surface area contributed by atoms with Gasteiger partial charge in [-0.2, -0.15) is 0 Å². The first-order valence-corrected chi connectivity index (χ1v) is 10.1. The molecular formula is C24H32IN5. The van der Waals surface area contributed by atoms with E-state index in [4.69, 9.17) is 0 Å². The molecule has 3 N–H and O–H groups in total. The van der Waals surface area contributed by atoms with Crippen LogP contribution in [0.25, 0.3) is 10.9 Å². The summed E-state index contributed by atoms with van der Waals surface area (Å²) in [6.45, 7) is 8.03. The molecule has 3 aromatic rings. The average molecular weight is 517 g/mol. The molecule has 0 radical (unpaired) electrons. The molecule has 0 amide bonds. The number of aliphatic imine (C=N–C) groups is 1. The maximum atomic E-state index is 4.43. The lowest BCUT2D eigenvalue weighted by molar-refractivity contribution is 0.345. The molecule has 3 rings (SSSR count). The van der Waals surface area contributed by atoms with Gasteiger partial charge < -0.3 is 16.0 Å². The third kappa shape index (κ3) is 6.67. The van der Waals surface area contributed by atoms with Gasteiger partial charge in [-0.25, -0.2) is 0 Å². The highest BCUT2D eigenvalue weighted by Crippen LogP contribution is 2.17. The van der Waals surface area contributed by atoms with Crippen LogP contribution in [0.2, 0.25) is 0 Å². The van der Waals surface area contributed by atoms with Crippen molar-refractivity contribution < 1.29 is 0 Å². The molecule has 30 heavy (non-hydrogen) atoms. The Bertz CT molecular complexity index is 951. The van der Waals surface area contributed by atoms with E-state index in [1.54, 1.807) is 7.05 Å². The Hall–Kier alpha value is -2.19. The number of aromatic nitrogens is 1. The number of nitrogens with zero attached hydrogens (tertiary/aromatic N) is 2. The number of rotatable bonds is 7. The second-order valence-electron chi connectivity index (χ2n) is 7.93. The van der Waals surface area contributed by atoms with E-state index >= 15 is 0 Å². The Morgan fingerprint density at radius 2 is 1.70 bits per heavy atom. The van der Waals surface area contributed by atoms with Crippen molar-refractivity contribution in [3.05, 3.63) is 78.0 Å². The lowest BCUT2D eigenvalue weighted by Crippen LogP contribution is -2.52. The van der Waals surface area contributed by atoms with Gasteiger partial charge in [0.25, 0.3) is 0 Å². The molecule has 160 valence electrons. The van der Waals surface area contributed by atoms with Gasteiger partial charge >= 0.3 is 0 Å². The number of hydrogen-bond acceptors (Lipinski definition) is 3. The molecule has 0 fully saturated rings. The van der Waals surface area contributed by atoms with Crippen molar-refractivity contribution in [3.8, 4) is 0 Å². The second kappa shape index (κ2) is 11.3. The van der Waals surface area contributed by atoms with Crippen molar-refractivity contribution in [1.29, 1.82) is 0 Å². The average Bonchev–Trinajstić information content (AvgIpc) is 2.74. The summed E-state index contributed by atoms with van der Waals surface area (Å²) < 4.78 is 0. The molecule has 0 bridgehead atoms. The van der Waals surface area contributed by atoms with Gasteiger partial charge in [0.1, 0.15) is 0 Å². The van der Waals surface area contributed by atoms with Gasteiger partial charge in [0, 0.05) is 43.3 Å². The summed E-state index contributed by atoms with van der Waals surface area (Å²) in [7, 11) is 1.80. The minimum Gasteiger partial charge on any atom is -0.355 e. The van der Waals surface area contributed by atoms with Crippen molar-refractivity contribution in [2.75, 3.05) is 13.6 Å². The third-order valence-electron chi connectivity index (χ3n) is 5.01. The number of benzene rings is 2. The molecule has 1 aromatic heterocycles. The van der Waals surface area contributed by atoms with Crippen LogP contribution in [0.4, 0.5) is 0 Å². The summed E-state index contributed by atoms with van der Waals surface area (Å²) >= 11 is 0. The first-order valence-electron chi connectivity index (χ1n) is 10.1. The first-order chi connectivity index (χ1) is 14.0. The SMILES string of the molecule is CN=C(NCc1ccnc2ccccc12)NCC(C)(C)NC(C)c1ccccc1.I. The Kier molecular flexibility index (Phi) is 9.05. The molecule has 6 heteroatoms. The highest BCUT2D eigenvalue weighted by atomic mass is 127. The van der Waals surface area contributed by atoms with E-state index in [2.05, 4.69) is 83.1 Å². The van der Waals surface area contributed by atoms with Gasteiger partial charge in [-0.05, 0) is 44.0 Å². The summed E-state index contributed by atoms with van der Waals surface area (Å²) in [5, 5.41) is 11.7. The van der Waals surface area contributed by atoms with Crippen molar-refractivity contribution in [2.45, 2.75) is 38.9 Å². The molecule has 0 aliphatic carbocycles. The van der Waals surface area contributed by atoms with Crippen LogP contribution in [0.1, 0.15) is 37.9 Å². The smallest absolute Gasteiger partial charge is 0.191 e. The maximum Gasteiger partial charge on any atom is 0.191 e. The van der Waals surface area contributed by atoms with Crippen LogP contribution in [-0.2, 0) is 6.54 Å². The zero-order valence-electron chi connectivity index (χ0n) is 18.1. The molecule has 0 saturated heterocycles. The van der Waals surface area contributed by atoms with Crippen LogP contribution < -0.4 is 16.0 Å². The Labute approximate surface area is 196 Å². The van der Waals surface area contributed by atoms with E-state index in [-0.39, 0.29) is 35.6 Å². The Morgan fingerprint density at radius 1 is 1.00 bits per heavy atom. The van der Waals surface area contributed by atoms with Gasteiger partial charge in [-0.15, -0.1) is 24.0 Å². The molecule has 0 spiro atoms. The number of fused-ring (bicyclic) bond motifs is 1. The number of hydrogen-bond donors (Lipinski definition) is 3. The van der Waals surface area contributed by atoms with Crippen LogP contribution in [0.5, 0.6) is 0 Å². The van der Waals surface area contributed by atoms with Crippen molar-refractivity contribution in [3.63, 3.8) is 0 Å². The molecule has 0 aliphatic heterocycles. The van der Waals surface area contributed by atoms with E-state index in [1.807, 2.05) is 30.5 Å². The highest BCUT2D eigenvalue weighted by molar-refractivity contribution is 14.0. The Balaban J connectivity index is 0.00000320. The fraction of sp³-hybridized carbons (Fsp3) is 0.333. The van der Waals surface area contributed by atoms with E-state index in [0.717, 1.165) is 23.4 Å². The topological polar surface area (TPSA) is 61.3 Å². The summed E-state index contributed by atoms with van der Waals surface area (Å²) in [6.07, 6.45) is 1.85. The molecule has 1 heterocycles. The van der Waals surface area contributed by atoms with Gasteiger partial charge in [-0.3, -0.25) is 9.98 Å². The maximum absolute atomic E-state index is 4.43. The monoisotopic (exact) mass is 517 g/mol. The van der Waals surface area contributed by atoms with Crippen LogP contribution in [0.3, 0.4) is 0 Å². The fourth-order valence-electron chi connectivity index (χ4n) is 3.48. The lowest BCUT2D eigenvalue weighted by atomic mass is 10.0. The van der Waals surface area contributed by atoms with E-state index in [1.165, 1.54) is 11.1 Å². The van der Waals surface area contributed by atoms with Crippen LogP contribution >= 0.6 is 24.0 Å². The largest absolute Gasteiger partial charge is 0.355 e. The molecule has 1 unspecified atom stereocenters. The minimum absolute atomic E-state index is 0. The summed E-state index contributed by atoms with van der Waals surface area (Å²) in [5.74, 6) is 0.785. The summed E-state index contributed by atoms with van der Waals surface area (Å²) in [4.78, 5) is 8.80. The van der Waals surface area contributed by atoms with E-state index < -0.39 is 0 Å². The minimum atomic E-state index is -0.101. The third-order valence-corrected chi connectivity index (χ3v) is 5.01. The summed E-state index contributed by atoms with van der Waals surface area (Å²) in [5.41, 5.74) is 3.40. The van der Waals surface area contributed by atoms with Gasteiger partial charge in [-0.1, -0.05) is 48.5 Å². The van der Waals surface area contributed by atoms with E-state index in [0.29, 0.717) is 6.54 Å². The summed E-state index contributed by atoms with van der Waals surface area (Å²) in [6, 6.07) is 21.0. The number of pyridine rings is 1. The Morgan fingerprint density at radius 3 is 2.43 bits per heavy atom. The lowest BCUT2D eigenvalue weighted by Gasteiger charge is -2.31. The van der Waals surface area contributed by atoms with Crippen molar-refractivity contribution in [2.24, 2.45) is 4.99 Å². The second-order valence-corrected chi connectivity index (χ2v) is 7.93.